The molecule has 0 radical (unpaired) electrons. The predicted molar refractivity (Wildman–Crippen MR) is 89.7 cm³/mol. The number of hydrogen-bond donors (Lipinski definition) is 0. The van der Waals surface area contributed by atoms with Gasteiger partial charge in [-0.1, -0.05) is 18.6 Å². The van der Waals surface area contributed by atoms with Crippen molar-refractivity contribution in [1.82, 2.24) is 4.90 Å². The highest BCUT2D eigenvalue weighted by molar-refractivity contribution is 5.86. The van der Waals surface area contributed by atoms with E-state index in [1.165, 1.54) is 7.11 Å². The van der Waals surface area contributed by atoms with Crippen molar-refractivity contribution < 1.29 is 14.3 Å². The van der Waals surface area contributed by atoms with Crippen LogP contribution < -0.4 is 0 Å². The molecular formula is C19H24N2O3. The smallest absolute Gasteiger partial charge is 0.309 e. The normalized spacial score (nSPS) is 19.8. The molecule has 1 amide bonds. The van der Waals surface area contributed by atoms with Crippen molar-refractivity contribution in [3.05, 3.63) is 35.4 Å². The van der Waals surface area contributed by atoms with Gasteiger partial charge >= 0.3 is 5.97 Å². The highest BCUT2D eigenvalue weighted by atomic mass is 16.5. The summed E-state index contributed by atoms with van der Waals surface area (Å²) in [7, 11) is 1.37. The van der Waals surface area contributed by atoms with Crippen LogP contribution in [0.15, 0.2) is 24.3 Å². The van der Waals surface area contributed by atoms with Crippen molar-refractivity contribution in [3.63, 3.8) is 0 Å². The van der Waals surface area contributed by atoms with E-state index in [1.807, 2.05) is 30.9 Å². The Labute approximate surface area is 143 Å². The van der Waals surface area contributed by atoms with Gasteiger partial charge in [0.15, 0.2) is 0 Å². The van der Waals surface area contributed by atoms with E-state index in [1.54, 1.807) is 12.1 Å². The molecule has 0 aliphatic heterocycles. The molecule has 1 aromatic carbocycles. The van der Waals surface area contributed by atoms with Crippen molar-refractivity contribution in [2.24, 2.45) is 11.8 Å². The second-order valence-corrected chi connectivity index (χ2v) is 6.54. The molecule has 1 aromatic rings. The minimum Gasteiger partial charge on any atom is -0.469 e. The van der Waals surface area contributed by atoms with Crippen LogP contribution >= 0.6 is 0 Å². The quantitative estimate of drug-likeness (QED) is 0.779. The van der Waals surface area contributed by atoms with E-state index in [2.05, 4.69) is 6.07 Å². The van der Waals surface area contributed by atoms with Crippen LogP contribution in [-0.2, 0) is 20.9 Å². The number of nitrogens with zero attached hydrogens (tertiary/aromatic N) is 2. The molecule has 1 saturated carbocycles. The molecule has 0 saturated heterocycles. The molecule has 0 spiro atoms. The molecular weight excluding hydrogens is 304 g/mol. The molecule has 1 aliphatic carbocycles. The van der Waals surface area contributed by atoms with Crippen molar-refractivity contribution in [2.75, 3.05) is 7.11 Å². The first-order valence-electron chi connectivity index (χ1n) is 8.35. The molecule has 24 heavy (non-hydrogen) atoms. The van der Waals surface area contributed by atoms with E-state index in [9.17, 15) is 9.59 Å². The maximum Gasteiger partial charge on any atom is 0.309 e. The Balaban J connectivity index is 2.15. The van der Waals surface area contributed by atoms with Gasteiger partial charge in [0.25, 0.3) is 0 Å². The third-order valence-corrected chi connectivity index (χ3v) is 4.68. The Morgan fingerprint density at radius 3 is 2.42 bits per heavy atom. The molecule has 5 nitrogen and oxygen atoms in total. The lowest BCUT2D eigenvalue weighted by Crippen LogP contribution is -2.42. The van der Waals surface area contributed by atoms with Gasteiger partial charge in [0.1, 0.15) is 0 Å². The number of benzene rings is 1. The summed E-state index contributed by atoms with van der Waals surface area (Å²) in [6.07, 6.45) is 2.32. The zero-order valence-electron chi connectivity index (χ0n) is 14.5. The molecule has 0 heterocycles. The van der Waals surface area contributed by atoms with Gasteiger partial charge in [-0.2, -0.15) is 5.26 Å². The predicted octanol–water partition coefficient (Wildman–Crippen LogP) is 2.88. The third-order valence-electron chi connectivity index (χ3n) is 4.68. The second-order valence-electron chi connectivity index (χ2n) is 6.54. The summed E-state index contributed by atoms with van der Waals surface area (Å²) < 4.78 is 4.86. The van der Waals surface area contributed by atoms with E-state index >= 15 is 0 Å². The van der Waals surface area contributed by atoms with Gasteiger partial charge in [0.05, 0.1) is 30.6 Å². The van der Waals surface area contributed by atoms with Crippen LogP contribution in [0.4, 0.5) is 0 Å². The molecule has 5 heteroatoms. The molecule has 0 unspecified atom stereocenters. The number of esters is 1. The van der Waals surface area contributed by atoms with E-state index in [4.69, 9.17) is 10.00 Å². The number of carbonyl (C=O) groups is 2. The summed E-state index contributed by atoms with van der Waals surface area (Å²) in [4.78, 5) is 26.8. The Morgan fingerprint density at radius 2 is 1.88 bits per heavy atom. The van der Waals surface area contributed by atoms with Crippen molar-refractivity contribution in [3.8, 4) is 6.07 Å². The zero-order valence-corrected chi connectivity index (χ0v) is 14.5. The van der Waals surface area contributed by atoms with Crippen molar-refractivity contribution in [1.29, 1.82) is 5.26 Å². The highest BCUT2D eigenvalue weighted by Crippen LogP contribution is 2.34. The first-order chi connectivity index (χ1) is 11.5. The van der Waals surface area contributed by atoms with Gasteiger partial charge in [-0.15, -0.1) is 0 Å². The maximum atomic E-state index is 13.0. The number of hydrogen-bond acceptors (Lipinski definition) is 4. The zero-order chi connectivity index (χ0) is 17.7. The van der Waals surface area contributed by atoms with Gasteiger partial charge in [-0.25, -0.2) is 0 Å². The van der Waals surface area contributed by atoms with Crippen LogP contribution in [0.5, 0.6) is 0 Å². The van der Waals surface area contributed by atoms with Gasteiger partial charge in [-0.05, 0) is 44.4 Å². The van der Waals surface area contributed by atoms with E-state index in [0.717, 1.165) is 18.4 Å². The number of nitriles is 1. The molecule has 0 aromatic heterocycles. The Hall–Kier alpha value is -2.35. The number of methoxy groups -OCH3 is 1. The SMILES string of the molecule is COC(=O)[C@@H]1CCC[C@H]1C(=O)N(Cc1ccc(C#N)cc1)C(C)C. The molecule has 2 rings (SSSR count). The van der Waals surface area contributed by atoms with Gasteiger partial charge < -0.3 is 9.64 Å². The van der Waals surface area contributed by atoms with E-state index in [0.29, 0.717) is 18.5 Å². The molecule has 2 atom stereocenters. The second kappa shape index (κ2) is 7.96. The minimum absolute atomic E-state index is 0.0160. The van der Waals surface area contributed by atoms with Gasteiger partial charge in [0, 0.05) is 12.6 Å². The van der Waals surface area contributed by atoms with Gasteiger partial charge in [0.2, 0.25) is 5.91 Å². The number of amides is 1. The topological polar surface area (TPSA) is 70.4 Å². The fourth-order valence-corrected chi connectivity index (χ4v) is 3.30. The van der Waals surface area contributed by atoms with Crippen LogP contribution in [0.3, 0.4) is 0 Å². The fourth-order valence-electron chi connectivity index (χ4n) is 3.30. The first kappa shape index (κ1) is 18.0. The lowest BCUT2D eigenvalue weighted by atomic mass is 9.94. The molecule has 128 valence electrons. The molecule has 0 N–H and O–H groups in total. The molecule has 0 bridgehead atoms. The average Bonchev–Trinajstić information content (AvgIpc) is 3.08. The van der Waals surface area contributed by atoms with E-state index in [-0.39, 0.29) is 29.8 Å². The van der Waals surface area contributed by atoms with Crippen LogP contribution in [0.2, 0.25) is 0 Å². The monoisotopic (exact) mass is 328 g/mol. The number of carbonyl (C=O) groups excluding carboxylic acids is 2. The Bertz CT molecular complexity index is 631. The van der Waals surface area contributed by atoms with Crippen LogP contribution in [0.1, 0.15) is 44.2 Å². The standard InChI is InChI=1S/C19H24N2O3/c1-13(2)21(12-15-9-7-14(11-20)8-10-15)18(22)16-5-4-6-17(16)19(23)24-3/h7-10,13,16-17H,4-6,12H2,1-3H3/t16-,17-/m1/s1. The Morgan fingerprint density at radius 1 is 1.25 bits per heavy atom. The fraction of sp³-hybridized carbons (Fsp3) is 0.526. The average molecular weight is 328 g/mol. The Kier molecular flexibility index (Phi) is 5.97. The summed E-state index contributed by atoms with van der Waals surface area (Å²) in [5.74, 6) is -0.891. The summed E-state index contributed by atoms with van der Waals surface area (Å²) in [6.45, 7) is 4.43. The maximum absolute atomic E-state index is 13.0. The van der Waals surface area contributed by atoms with Gasteiger partial charge in [-0.3, -0.25) is 9.59 Å². The van der Waals surface area contributed by atoms with E-state index < -0.39 is 0 Å². The van der Waals surface area contributed by atoms with Crippen LogP contribution in [-0.4, -0.2) is 29.9 Å². The van der Waals surface area contributed by atoms with Crippen molar-refractivity contribution >= 4 is 11.9 Å². The minimum atomic E-state index is -0.329. The number of rotatable bonds is 5. The summed E-state index contributed by atoms with van der Waals surface area (Å²) in [6, 6.07) is 9.37. The lowest BCUT2D eigenvalue weighted by molar-refractivity contribution is -0.152. The number of ether oxygens (including phenoxy) is 1. The van der Waals surface area contributed by atoms with Crippen LogP contribution in [0, 0.1) is 23.2 Å². The van der Waals surface area contributed by atoms with Crippen molar-refractivity contribution in [2.45, 2.75) is 45.7 Å². The largest absolute Gasteiger partial charge is 0.469 e. The first-order valence-corrected chi connectivity index (χ1v) is 8.35. The van der Waals surface area contributed by atoms with Crippen LogP contribution in [0.25, 0.3) is 0 Å². The molecule has 1 aliphatic rings. The molecule has 1 fully saturated rings. The summed E-state index contributed by atoms with van der Waals surface area (Å²) >= 11 is 0. The lowest BCUT2D eigenvalue weighted by Gasteiger charge is -2.31. The highest BCUT2D eigenvalue weighted by Gasteiger charge is 2.40. The summed E-state index contributed by atoms with van der Waals surface area (Å²) in [5.41, 5.74) is 1.58. The third kappa shape index (κ3) is 3.94. The summed E-state index contributed by atoms with van der Waals surface area (Å²) in [5, 5.41) is 8.88.